The van der Waals surface area contributed by atoms with E-state index in [1.54, 1.807) is 0 Å². The second-order valence-electron chi connectivity index (χ2n) is 5.85. The lowest BCUT2D eigenvalue weighted by molar-refractivity contribution is 0.644. The summed E-state index contributed by atoms with van der Waals surface area (Å²) in [5.41, 5.74) is 9.03. The van der Waals surface area contributed by atoms with Crippen LogP contribution in [-0.4, -0.2) is 6.54 Å². The maximum Gasteiger partial charge on any atom is -0.00313 e. The van der Waals surface area contributed by atoms with Crippen molar-refractivity contribution in [2.75, 3.05) is 6.54 Å². The molecule has 1 aliphatic rings. The van der Waals surface area contributed by atoms with Gasteiger partial charge in [-0.2, -0.15) is 0 Å². The highest BCUT2D eigenvalue weighted by Crippen LogP contribution is 2.53. The first-order valence-electron chi connectivity index (χ1n) is 6.35. The molecular weight excluding hydrogens is 194 g/mol. The number of benzene rings is 1. The highest BCUT2D eigenvalue weighted by Gasteiger charge is 2.49. The molecule has 1 aromatic rings. The van der Waals surface area contributed by atoms with E-state index in [2.05, 4.69) is 45.0 Å². The summed E-state index contributed by atoms with van der Waals surface area (Å²) in [7, 11) is 0. The van der Waals surface area contributed by atoms with E-state index in [0.717, 1.165) is 12.5 Å². The van der Waals surface area contributed by atoms with Crippen LogP contribution in [0.1, 0.15) is 38.3 Å². The van der Waals surface area contributed by atoms with Crippen LogP contribution in [0.4, 0.5) is 0 Å². The van der Waals surface area contributed by atoms with Crippen LogP contribution in [-0.2, 0) is 11.8 Å². The van der Waals surface area contributed by atoms with Crippen LogP contribution in [0.25, 0.3) is 0 Å². The van der Waals surface area contributed by atoms with E-state index in [-0.39, 0.29) is 0 Å². The third-order valence-electron chi connectivity index (χ3n) is 3.95. The van der Waals surface area contributed by atoms with Gasteiger partial charge in [0, 0.05) is 0 Å². The van der Waals surface area contributed by atoms with Crippen LogP contribution in [0.15, 0.2) is 24.3 Å². The van der Waals surface area contributed by atoms with Gasteiger partial charge < -0.3 is 5.73 Å². The summed E-state index contributed by atoms with van der Waals surface area (Å²) in [6.07, 6.45) is 2.43. The molecule has 1 aliphatic carbocycles. The van der Waals surface area contributed by atoms with E-state index in [9.17, 15) is 0 Å². The van der Waals surface area contributed by atoms with Crippen molar-refractivity contribution >= 4 is 0 Å². The summed E-state index contributed by atoms with van der Waals surface area (Å²) in [5.74, 6) is 1.43. The number of hydrogen-bond donors (Lipinski definition) is 1. The van der Waals surface area contributed by atoms with Gasteiger partial charge in [0.2, 0.25) is 0 Å². The normalized spacial score (nSPS) is 28.4. The van der Waals surface area contributed by atoms with E-state index >= 15 is 0 Å². The highest BCUT2D eigenvalue weighted by molar-refractivity contribution is 5.35. The zero-order valence-electron chi connectivity index (χ0n) is 10.7. The topological polar surface area (TPSA) is 26.0 Å². The molecule has 88 valence electrons. The Labute approximate surface area is 99.0 Å². The van der Waals surface area contributed by atoms with Gasteiger partial charge in [0.15, 0.2) is 0 Å². The minimum Gasteiger partial charge on any atom is -0.330 e. The summed E-state index contributed by atoms with van der Waals surface area (Å²) in [6, 6.07) is 9.17. The Bertz CT molecular complexity index is 352. The quantitative estimate of drug-likeness (QED) is 0.824. The maximum absolute atomic E-state index is 5.74. The fourth-order valence-corrected chi connectivity index (χ4v) is 2.64. The molecule has 16 heavy (non-hydrogen) atoms. The van der Waals surface area contributed by atoms with E-state index in [1.807, 2.05) is 0 Å². The number of rotatable bonds is 4. The Morgan fingerprint density at radius 2 is 1.94 bits per heavy atom. The lowest BCUT2D eigenvalue weighted by Gasteiger charge is -2.12. The lowest BCUT2D eigenvalue weighted by Crippen LogP contribution is -2.11. The maximum atomic E-state index is 5.74. The summed E-state index contributed by atoms with van der Waals surface area (Å²) in [5, 5.41) is 0. The Morgan fingerprint density at radius 1 is 1.31 bits per heavy atom. The van der Waals surface area contributed by atoms with Crippen LogP contribution in [0.2, 0.25) is 0 Å². The third kappa shape index (κ3) is 2.15. The minimum absolute atomic E-state index is 0.366. The van der Waals surface area contributed by atoms with Crippen molar-refractivity contribution in [2.45, 2.75) is 39.0 Å². The van der Waals surface area contributed by atoms with Gasteiger partial charge in [-0.05, 0) is 47.8 Å². The molecule has 0 bridgehead atoms. The fourth-order valence-electron chi connectivity index (χ4n) is 2.64. The van der Waals surface area contributed by atoms with Crippen molar-refractivity contribution in [3.8, 4) is 0 Å². The molecule has 2 N–H and O–H groups in total. The molecule has 2 rings (SSSR count). The van der Waals surface area contributed by atoms with Crippen molar-refractivity contribution in [3.63, 3.8) is 0 Å². The van der Waals surface area contributed by atoms with E-state index < -0.39 is 0 Å². The van der Waals surface area contributed by atoms with Crippen molar-refractivity contribution in [2.24, 2.45) is 17.6 Å². The molecule has 2 atom stereocenters. The van der Waals surface area contributed by atoms with Gasteiger partial charge in [-0.15, -0.1) is 0 Å². The third-order valence-corrected chi connectivity index (χ3v) is 3.95. The first kappa shape index (κ1) is 11.7. The number of nitrogens with two attached hydrogens (primary N) is 1. The largest absolute Gasteiger partial charge is 0.330 e. The van der Waals surface area contributed by atoms with Gasteiger partial charge in [0.25, 0.3) is 0 Å². The zero-order valence-corrected chi connectivity index (χ0v) is 10.7. The molecule has 0 aliphatic heterocycles. The molecule has 1 saturated carbocycles. The molecule has 0 spiro atoms. The standard InChI is InChI=1S/C15H23N/c1-11(2)8-12-4-6-13(7-5-12)15(3)9-14(15)10-16/h4-7,11,14H,8-10,16H2,1-3H3. The Kier molecular flexibility index (Phi) is 3.07. The van der Waals surface area contributed by atoms with E-state index in [1.165, 1.54) is 24.0 Å². The predicted octanol–water partition coefficient (Wildman–Crippen LogP) is 3.12. The molecular formula is C15H23N. The fraction of sp³-hybridized carbons (Fsp3) is 0.600. The SMILES string of the molecule is CC(C)Cc1ccc(C2(C)CC2CN)cc1. The highest BCUT2D eigenvalue weighted by atomic mass is 14.7. The molecule has 1 aromatic carbocycles. The first-order chi connectivity index (χ1) is 7.56. The Morgan fingerprint density at radius 3 is 2.38 bits per heavy atom. The van der Waals surface area contributed by atoms with Gasteiger partial charge >= 0.3 is 0 Å². The minimum atomic E-state index is 0.366. The molecule has 1 nitrogen and oxygen atoms in total. The first-order valence-corrected chi connectivity index (χ1v) is 6.35. The van der Waals surface area contributed by atoms with Crippen molar-refractivity contribution in [1.82, 2.24) is 0 Å². The molecule has 0 heterocycles. The summed E-state index contributed by atoms with van der Waals surface area (Å²) in [4.78, 5) is 0. The number of hydrogen-bond acceptors (Lipinski definition) is 1. The molecule has 1 fully saturated rings. The van der Waals surface area contributed by atoms with Crippen LogP contribution in [0, 0.1) is 11.8 Å². The van der Waals surface area contributed by atoms with Crippen molar-refractivity contribution in [1.29, 1.82) is 0 Å². The van der Waals surface area contributed by atoms with Crippen LogP contribution in [0.5, 0.6) is 0 Å². The summed E-state index contributed by atoms with van der Waals surface area (Å²) >= 11 is 0. The Hall–Kier alpha value is -0.820. The molecule has 1 heteroatoms. The van der Waals surface area contributed by atoms with Crippen molar-refractivity contribution in [3.05, 3.63) is 35.4 Å². The second kappa shape index (κ2) is 4.21. The molecule has 0 radical (unpaired) electrons. The smallest absolute Gasteiger partial charge is 0.00313 e. The van der Waals surface area contributed by atoms with E-state index in [0.29, 0.717) is 11.3 Å². The molecule has 2 unspecified atom stereocenters. The van der Waals surface area contributed by atoms with E-state index in [4.69, 9.17) is 5.73 Å². The molecule has 0 aromatic heterocycles. The van der Waals surface area contributed by atoms with Gasteiger partial charge in [-0.1, -0.05) is 45.0 Å². The zero-order chi connectivity index (χ0) is 11.8. The summed E-state index contributed by atoms with van der Waals surface area (Å²) in [6.45, 7) is 7.69. The predicted molar refractivity (Wildman–Crippen MR) is 69.5 cm³/mol. The average Bonchev–Trinajstić information content (AvgIpc) is 2.91. The van der Waals surface area contributed by atoms with Crippen molar-refractivity contribution < 1.29 is 0 Å². The van der Waals surface area contributed by atoms with Gasteiger partial charge in [-0.3, -0.25) is 0 Å². The Balaban J connectivity index is 2.09. The van der Waals surface area contributed by atoms with Gasteiger partial charge in [0.05, 0.1) is 0 Å². The molecule has 0 saturated heterocycles. The second-order valence-corrected chi connectivity index (χ2v) is 5.85. The van der Waals surface area contributed by atoms with Crippen LogP contribution < -0.4 is 5.73 Å². The molecule has 0 amide bonds. The van der Waals surface area contributed by atoms with Crippen LogP contribution >= 0.6 is 0 Å². The summed E-state index contributed by atoms with van der Waals surface area (Å²) < 4.78 is 0. The van der Waals surface area contributed by atoms with Gasteiger partial charge in [-0.25, -0.2) is 0 Å². The monoisotopic (exact) mass is 217 g/mol. The van der Waals surface area contributed by atoms with Gasteiger partial charge in [0.1, 0.15) is 0 Å². The van der Waals surface area contributed by atoms with Crippen LogP contribution in [0.3, 0.4) is 0 Å². The average molecular weight is 217 g/mol. The lowest BCUT2D eigenvalue weighted by atomic mass is 9.93.